The largest absolute Gasteiger partial charge is 0.496 e. The van der Waals surface area contributed by atoms with E-state index < -0.39 is 0 Å². The molecule has 0 bridgehead atoms. The Kier molecular flexibility index (Phi) is 7.34. The van der Waals surface area contributed by atoms with Crippen molar-refractivity contribution in [2.45, 2.75) is 5.16 Å². The van der Waals surface area contributed by atoms with Crippen LogP contribution in [0.3, 0.4) is 0 Å². The van der Waals surface area contributed by atoms with Crippen molar-refractivity contribution >= 4 is 61.5 Å². The molecule has 184 valence electrons. The number of amides is 1. The maximum absolute atomic E-state index is 13.3. The average molecular weight is 573 g/mol. The molecule has 1 heterocycles. The minimum Gasteiger partial charge on any atom is -0.496 e. The number of hydrogen-bond donors (Lipinski definition) is 1. The Bertz CT molecular complexity index is 1700. The number of hydrogen-bond acceptors (Lipinski definition) is 6. The lowest BCUT2D eigenvalue weighted by atomic mass is 10.0. The van der Waals surface area contributed by atoms with Gasteiger partial charge in [-0.1, -0.05) is 70.2 Å². The molecule has 0 radical (unpaired) electrons. The number of carbonyl (C=O) groups is 1. The standard InChI is InChI=1S/C28H21BrN4O3S/c1-36-25-15-10-18-6-2-3-7-21(18)23(25)16-30-32-26(34)17-37-28-31-24-9-5-4-8-22(24)27(35)33(28)20-13-11-19(29)12-14-20/h2-16H,17H2,1H3,(H,32,34). The second-order valence-corrected chi connectivity index (χ2v) is 9.87. The number of methoxy groups -OCH3 is 1. The van der Waals surface area contributed by atoms with E-state index in [1.807, 2.05) is 66.7 Å². The Morgan fingerprint density at radius 2 is 1.76 bits per heavy atom. The average Bonchev–Trinajstić information content (AvgIpc) is 2.93. The molecular weight excluding hydrogens is 552 g/mol. The van der Waals surface area contributed by atoms with Crippen molar-refractivity contribution in [3.05, 3.63) is 105 Å². The van der Waals surface area contributed by atoms with Gasteiger partial charge < -0.3 is 4.74 Å². The van der Waals surface area contributed by atoms with E-state index in [9.17, 15) is 9.59 Å². The number of benzene rings is 4. The van der Waals surface area contributed by atoms with Crippen molar-refractivity contribution in [3.63, 3.8) is 0 Å². The van der Waals surface area contributed by atoms with Gasteiger partial charge in [0.25, 0.3) is 11.5 Å². The summed E-state index contributed by atoms with van der Waals surface area (Å²) < 4.78 is 7.89. The molecule has 1 N–H and O–H groups in total. The van der Waals surface area contributed by atoms with Crippen molar-refractivity contribution in [2.24, 2.45) is 5.10 Å². The van der Waals surface area contributed by atoms with Gasteiger partial charge in [-0.05, 0) is 53.2 Å². The molecule has 9 heteroatoms. The summed E-state index contributed by atoms with van der Waals surface area (Å²) in [6.07, 6.45) is 1.58. The number of rotatable bonds is 7. The zero-order valence-electron chi connectivity index (χ0n) is 19.7. The van der Waals surface area contributed by atoms with Crippen LogP contribution in [0.25, 0.3) is 27.4 Å². The van der Waals surface area contributed by atoms with E-state index in [1.165, 1.54) is 16.3 Å². The lowest BCUT2D eigenvalue weighted by Crippen LogP contribution is -2.24. The van der Waals surface area contributed by atoms with Crippen LogP contribution in [-0.4, -0.2) is 34.5 Å². The van der Waals surface area contributed by atoms with Crippen LogP contribution in [0.4, 0.5) is 0 Å². The molecule has 0 aliphatic heterocycles. The summed E-state index contributed by atoms with van der Waals surface area (Å²) in [5.41, 5.74) is 4.38. The molecule has 0 unspecified atom stereocenters. The molecule has 0 aliphatic carbocycles. The molecule has 0 saturated heterocycles. The third kappa shape index (κ3) is 5.28. The van der Waals surface area contributed by atoms with E-state index in [1.54, 1.807) is 31.5 Å². The molecule has 5 rings (SSSR count). The topological polar surface area (TPSA) is 85.6 Å². The number of carbonyl (C=O) groups excluding carboxylic acids is 1. The van der Waals surface area contributed by atoms with E-state index >= 15 is 0 Å². The number of thioether (sulfide) groups is 1. The van der Waals surface area contributed by atoms with Gasteiger partial charge in [0.1, 0.15) is 5.75 Å². The number of halogens is 1. The SMILES string of the molecule is COc1ccc2ccccc2c1C=NNC(=O)CSc1nc2ccccc2c(=O)n1-c1ccc(Br)cc1. The van der Waals surface area contributed by atoms with Gasteiger partial charge in [0.2, 0.25) is 0 Å². The zero-order valence-corrected chi connectivity index (χ0v) is 22.1. The van der Waals surface area contributed by atoms with Crippen LogP contribution in [0, 0.1) is 0 Å². The molecule has 0 spiro atoms. The van der Waals surface area contributed by atoms with Gasteiger partial charge in [0, 0.05) is 10.0 Å². The van der Waals surface area contributed by atoms with Gasteiger partial charge in [0.15, 0.2) is 5.16 Å². The minimum atomic E-state index is -0.329. The van der Waals surface area contributed by atoms with Gasteiger partial charge >= 0.3 is 0 Å². The highest BCUT2D eigenvalue weighted by Crippen LogP contribution is 2.26. The van der Waals surface area contributed by atoms with Crippen LogP contribution >= 0.6 is 27.7 Å². The first kappa shape index (κ1) is 24.7. The van der Waals surface area contributed by atoms with Gasteiger partial charge in [0.05, 0.1) is 35.7 Å². The maximum Gasteiger partial charge on any atom is 0.266 e. The fourth-order valence-corrected chi connectivity index (χ4v) is 5.01. The lowest BCUT2D eigenvalue weighted by molar-refractivity contribution is -0.118. The number of para-hydroxylation sites is 1. The number of ether oxygens (including phenoxy) is 1. The molecule has 0 aliphatic rings. The fraction of sp³-hybridized carbons (Fsp3) is 0.0714. The number of fused-ring (bicyclic) bond motifs is 2. The molecular formula is C28H21BrN4O3S. The third-order valence-electron chi connectivity index (χ3n) is 5.70. The predicted molar refractivity (Wildman–Crippen MR) is 152 cm³/mol. The van der Waals surface area contributed by atoms with Crippen molar-refractivity contribution in [1.29, 1.82) is 0 Å². The van der Waals surface area contributed by atoms with Gasteiger partial charge in [-0.3, -0.25) is 14.2 Å². The molecule has 0 saturated carbocycles. The van der Waals surface area contributed by atoms with E-state index in [4.69, 9.17) is 4.74 Å². The Morgan fingerprint density at radius 3 is 2.54 bits per heavy atom. The van der Waals surface area contributed by atoms with Crippen molar-refractivity contribution < 1.29 is 9.53 Å². The summed E-state index contributed by atoms with van der Waals surface area (Å²) in [6.45, 7) is 0. The van der Waals surface area contributed by atoms with E-state index in [0.717, 1.165) is 20.8 Å². The highest BCUT2D eigenvalue weighted by Gasteiger charge is 2.15. The highest BCUT2D eigenvalue weighted by molar-refractivity contribution is 9.10. The quantitative estimate of drug-likeness (QED) is 0.119. The van der Waals surface area contributed by atoms with Gasteiger partial charge in [-0.15, -0.1) is 0 Å². The van der Waals surface area contributed by atoms with E-state index in [-0.39, 0.29) is 17.2 Å². The van der Waals surface area contributed by atoms with E-state index in [0.29, 0.717) is 27.5 Å². The van der Waals surface area contributed by atoms with Crippen LogP contribution in [-0.2, 0) is 4.79 Å². The Morgan fingerprint density at radius 1 is 1.03 bits per heavy atom. The third-order valence-corrected chi connectivity index (χ3v) is 7.16. The molecule has 1 amide bonds. The molecule has 37 heavy (non-hydrogen) atoms. The summed E-state index contributed by atoms with van der Waals surface area (Å²) in [5, 5.41) is 7.09. The highest BCUT2D eigenvalue weighted by atomic mass is 79.9. The summed E-state index contributed by atoms with van der Waals surface area (Å²) >= 11 is 4.59. The predicted octanol–water partition coefficient (Wildman–Crippen LogP) is 5.55. The first-order valence-corrected chi connectivity index (χ1v) is 13.1. The first-order valence-electron chi connectivity index (χ1n) is 11.3. The Balaban J connectivity index is 1.38. The van der Waals surface area contributed by atoms with Crippen LogP contribution in [0.15, 0.2) is 104 Å². The second-order valence-electron chi connectivity index (χ2n) is 8.01. The van der Waals surface area contributed by atoms with Crippen molar-refractivity contribution in [1.82, 2.24) is 15.0 Å². The minimum absolute atomic E-state index is 0.0192. The molecule has 7 nitrogen and oxygen atoms in total. The number of hydrazone groups is 1. The monoisotopic (exact) mass is 572 g/mol. The van der Waals surface area contributed by atoms with Gasteiger partial charge in [-0.25, -0.2) is 10.4 Å². The van der Waals surface area contributed by atoms with Crippen LogP contribution < -0.4 is 15.7 Å². The second kappa shape index (κ2) is 11.0. The Labute approximate surface area is 225 Å². The van der Waals surface area contributed by atoms with Gasteiger partial charge in [-0.2, -0.15) is 5.10 Å². The molecule has 0 atom stereocenters. The molecule has 4 aromatic carbocycles. The molecule has 1 aromatic heterocycles. The number of nitrogens with zero attached hydrogens (tertiary/aromatic N) is 3. The lowest BCUT2D eigenvalue weighted by Gasteiger charge is -2.13. The maximum atomic E-state index is 13.3. The summed E-state index contributed by atoms with van der Waals surface area (Å²) in [4.78, 5) is 30.7. The smallest absolute Gasteiger partial charge is 0.266 e. The zero-order chi connectivity index (χ0) is 25.8. The van der Waals surface area contributed by atoms with Crippen LogP contribution in [0.1, 0.15) is 5.56 Å². The van der Waals surface area contributed by atoms with Crippen molar-refractivity contribution in [2.75, 3.05) is 12.9 Å². The molecule has 0 fully saturated rings. The van der Waals surface area contributed by atoms with Crippen LogP contribution in [0.5, 0.6) is 5.75 Å². The summed E-state index contributed by atoms with van der Waals surface area (Å²) in [6, 6.07) is 26.3. The molecule has 5 aromatic rings. The fourth-order valence-electron chi connectivity index (χ4n) is 3.94. The number of aromatic nitrogens is 2. The summed E-state index contributed by atoms with van der Waals surface area (Å²) in [7, 11) is 1.60. The Hall–Kier alpha value is -3.95. The normalized spacial score (nSPS) is 11.3. The van der Waals surface area contributed by atoms with Crippen molar-refractivity contribution in [3.8, 4) is 11.4 Å². The van der Waals surface area contributed by atoms with Crippen LogP contribution in [0.2, 0.25) is 0 Å². The van der Waals surface area contributed by atoms with E-state index in [2.05, 4.69) is 31.4 Å². The number of nitrogens with one attached hydrogen (secondary N) is 1. The summed E-state index contributed by atoms with van der Waals surface area (Å²) in [5.74, 6) is 0.348. The first-order chi connectivity index (χ1) is 18.0.